The van der Waals surface area contributed by atoms with Gasteiger partial charge in [-0.1, -0.05) is 105 Å². The molecule has 0 aromatic carbocycles. The van der Waals surface area contributed by atoms with Crippen LogP contribution in [-0.2, 0) is 19.1 Å². The fourth-order valence-corrected chi connectivity index (χ4v) is 10.2. The van der Waals surface area contributed by atoms with Crippen LogP contribution in [-0.4, -0.2) is 70.9 Å². The van der Waals surface area contributed by atoms with Gasteiger partial charge in [-0.05, 0) is 118 Å². The molecule has 9 nitrogen and oxygen atoms in total. The van der Waals surface area contributed by atoms with Crippen molar-refractivity contribution in [3.8, 4) is 0 Å². The van der Waals surface area contributed by atoms with Gasteiger partial charge in [0.15, 0.2) is 0 Å². The molecule has 1 fully saturated rings. The van der Waals surface area contributed by atoms with E-state index >= 15 is 0 Å². The van der Waals surface area contributed by atoms with E-state index in [9.17, 15) is 14.7 Å². The Morgan fingerprint density at radius 3 is 2.15 bits per heavy atom. The summed E-state index contributed by atoms with van der Waals surface area (Å²) in [5, 5.41) is 15.6. The molecule has 0 spiro atoms. The van der Waals surface area contributed by atoms with Gasteiger partial charge in [0.25, 0.3) is 0 Å². The van der Waals surface area contributed by atoms with E-state index in [-0.39, 0.29) is 111 Å². The molecule has 0 aromatic rings. The number of nitrogens with zero attached hydrogens (tertiary/aromatic N) is 3. The third-order valence-electron chi connectivity index (χ3n) is 14.3. The summed E-state index contributed by atoms with van der Waals surface area (Å²) in [5.41, 5.74) is 13.3. The number of fused-ring (bicyclic) bond motifs is 5. The largest absolute Gasteiger partial charge is 2.00 e. The monoisotopic (exact) mass is 934 g/mol. The van der Waals surface area contributed by atoms with Crippen molar-refractivity contribution in [3.05, 3.63) is 116 Å². The quantitative estimate of drug-likeness (QED) is 0.0713. The molecule has 66 heavy (non-hydrogen) atoms. The Kier molecular flexibility index (Phi) is 21.4. The molecule has 5 heterocycles. The first-order valence-electron chi connectivity index (χ1n) is 24.1. The maximum atomic E-state index is 13.6. The van der Waals surface area contributed by atoms with Crippen LogP contribution in [0.2, 0.25) is 0 Å². The third kappa shape index (κ3) is 12.8. The summed E-state index contributed by atoms with van der Waals surface area (Å²) in [6, 6.07) is 0. The number of aliphatic hydroxyl groups excluding tert-OH is 1. The average molecular weight is 935 g/mol. The molecule has 1 saturated heterocycles. The van der Waals surface area contributed by atoms with Crippen LogP contribution in [0.25, 0.3) is 0 Å². The molecule has 0 amide bonds. The van der Waals surface area contributed by atoms with E-state index in [4.69, 9.17) is 24.5 Å². The molecule has 5 aliphatic heterocycles. The number of hydrogen-bond acceptors (Lipinski definition) is 9. The van der Waals surface area contributed by atoms with Gasteiger partial charge in [-0.2, -0.15) is 0 Å². The minimum Gasteiger partial charge on any atom is -0.510 e. The maximum absolute atomic E-state index is 13.6. The number of aliphatic hydroxyl groups is 1. The Bertz CT molecular complexity index is 2310. The summed E-state index contributed by atoms with van der Waals surface area (Å²) in [4.78, 5) is 42.4. The number of hydrogen-bond donors (Lipinski definition) is 2. The third-order valence-corrected chi connectivity index (χ3v) is 14.3. The summed E-state index contributed by atoms with van der Waals surface area (Å²) < 4.78 is 11.1. The van der Waals surface area contributed by atoms with Crippen molar-refractivity contribution in [1.82, 2.24) is 5.32 Å². The summed E-state index contributed by atoms with van der Waals surface area (Å²) in [6.07, 6.45) is 22.7. The number of aliphatic imine (C=N–C) groups is 3. The number of ether oxygens (including phenoxy) is 2. The predicted molar refractivity (Wildman–Crippen MR) is 268 cm³/mol. The first-order chi connectivity index (χ1) is 30.6. The Labute approximate surface area is 454 Å². The summed E-state index contributed by atoms with van der Waals surface area (Å²) in [7, 11) is 1.33. The van der Waals surface area contributed by atoms with Crippen LogP contribution in [0.3, 0.4) is 0 Å². The molecule has 0 radical (unpaired) electrons. The summed E-state index contributed by atoms with van der Waals surface area (Å²) in [6.45, 7) is 26.2. The number of allylic oxidation sites excluding steroid dienone is 12. The molecule has 6 rings (SSSR count). The Morgan fingerprint density at radius 1 is 0.879 bits per heavy atom. The van der Waals surface area contributed by atoms with Crippen molar-refractivity contribution in [2.75, 3.05) is 13.7 Å². The van der Waals surface area contributed by atoms with Crippen LogP contribution in [0, 0.1) is 35.5 Å². The number of esters is 2. The molecule has 0 saturated carbocycles. The van der Waals surface area contributed by atoms with E-state index in [0.29, 0.717) is 29.0 Å². The predicted octanol–water partition coefficient (Wildman–Crippen LogP) is 9.58. The van der Waals surface area contributed by atoms with Gasteiger partial charge in [-0.15, -0.1) is 0 Å². The summed E-state index contributed by atoms with van der Waals surface area (Å²) in [5.74, 6) is -0.0182. The molecular weight excluding hydrogens is 860 g/mol. The van der Waals surface area contributed by atoms with Crippen molar-refractivity contribution in [3.63, 3.8) is 0 Å². The molecule has 5 atom stereocenters. The zero-order valence-electron chi connectivity index (χ0n) is 42.4. The first kappa shape index (κ1) is 55.9. The van der Waals surface area contributed by atoms with Gasteiger partial charge in [0, 0.05) is 46.4 Å². The van der Waals surface area contributed by atoms with E-state index in [1.807, 2.05) is 38.2 Å². The molecule has 6 aliphatic rings. The van der Waals surface area contributed by atoms with Crippen molar-refractivity contribution in [1.29, 1.82) is 0 Å². The van der Waals surface area contributed by atoms with Crippen LogP contribution < -0.4 is 56.7 Å². The van der Waals surface area contributed by atoms with Crippen molar-refractivity contribution < 1.29 is 75.6 Å². The van der Waals surface area contributed by atoms with Gasteiger partial charge >= 0.3 is 86.4 Å². The zero-order chi connectivity index (χ0) is 46.4. The first-order valence-corrected chi connectivity index (χ1v) is 24.1. The molecule has 3 unspecified atom stereocenters. The second-order valence-corrected chi connectivity index (χ2v) is 19.5. The zero-order valence-corrected chi connectivity index (χ0v) is 46.9. The Hall–Kier alpha value is -2.65. The van der Waals surface area contributed by atoms with Gasteiger partial charge in [0.1, 0.15) is 18.3 Å². The number of nitrogens with one attached hydrogen (secondary N) is 1. The van der Waals surface area contributed by atoms with Gasteiger partial charge in [0.2, 0.25) is 0 Å². The van der Waals surface area contributed by atoms with Crippen LogP contribution in [0.4, 0.5) is 0 Å². The van der Waals surface area contributed by atoms with E-state index < -0.39 is 11.9 Å². The number of rotatable bonds is 20. The maximum Gasteiger partial charge on any atom is 2.00 e. The molecule has 344 valence electrons. The fourth-order valence-electron chi connectivity index (χ4n) is 10.2. The van der Waals surface area contributed by atoms with Crippen molar-refractivity contribution in [2.45, 2.75) is 146 Å². The van der Waals surface area contributed by atoms with Gasteiger partial charge in [0.05, 0.1) is 41.3 Å². The van der Waals surface area contributed by atoms with Gasteiger partial charge in [-0.25, -0.2) is 15.0 Å². The Morgan fingerprint density at radius 2 is 1.52 bits per heavy atom. The number of carbonyl (C=O) groups excluding carboxylic acids is 2. The van der Waals surface area contributed by atoms with E-state index in [0.717, 1.165) is 99.1 Å². The Balaban J connectivity index is 0.00000476. The minimum absolute atomic E-state index is 0. The van der Waals surface area contributed by atoms with Crippen LogP contribution in [0.1, 0.15) is 146 Å². The molecule has 1 aliphatic carbocycles. The average Bonchev–Trinajstić information content (AvgIpc) is 3.99. The number of methoxy groups -OCH3 is 1. The minimum atomic E-state index is -1.08. The standard InChI is InChI=1S/C55H74N4O5.K.Mg/c1-13-39-35(8)42-28-44-37(10)41(24-25-48(60)64-27-26-34(7)23-17-22-33(6)21-16-20-32(5)19-15-18-31(3)4)52(58-44)50-51(55(62)63-12)54(61)49-38(11)45(59-53(49)50)30-47-40(14-2)36(9)43(57-47)29-46(39)56-42;;/h13,26,28-33,37,41,51,58,61H,1,14-25,27H2,2-12H3;;/q;+1;+2/b34-26-,44-28?,46-29?,47-30?,52-50?;;/t32?,33?,37-,41-,51?;;/m0../s1. The van der Waals surface area contributed by atoms with E-state index in [1.165, 1.54) is 57.6 Å². The SMILES string of the molecule is C=CC1=C(C)C2=NC1=CC1=NC(=CC3=C(C)C4=C(O)C(C(=O)OC)C(=C5NC(=C2)[C@@H](C)[C@@H]5CCC(=O)OC/C=C(/C)CCCC(C)CCCC(C)CCCC(C)C)C4=N3)C(CC)=C1C.[K+].[Mg+2]. The molecule has 0 aromatic heterocycles. The summed E-state index contributed by atoms with van der Waals surface area (Å²) >= 11 is 0. The second kappa shape index (κ2) is 25.3. The van der Waals surface area contributed by atoms with Crippen LogP contribution in [0.15, 0.2) is 131 Å². The van der Waals surface area contributed by atoms with Gasteiger partial charge < -0.3 is 19.9 Å². The topological polar surface area (TPSA) is 122 Å². The normalized spacial score (nSPS) is 22.1. The van der Waals surface area contributed by atoms with Crippen LogP contribution >= 0.6 is 0 Å². The van der Waals surface area contributed by atoms with Gasteiger partial charge in [-0.3, -0.25) is 9.59 Å². The number of carbonyl (C=O) groups is 2. The molecule has 2 N–H and O–H groups in total. The molecular formula is C55H74KMgN4O5+3. The molecule has 8 bridgehead atoms. The second-order valence-electron chi connectivity index (χ2n) is 19.5. The smallest absolute Gasteiger partial charge is 0.510 e. The van der Waals surface area contributed by atoms with Crippen LogP contribution in [0.5, 0.6) is 0 Å². The van der Waals surface area contributed by atoms with Crippen molar-refractivity contribution >= 4 is 52.1 Å². The van der Waals surface area contributed by atoms with E-state index in [1.54, 1.807) is 0 Å². The fraction of sp³-hybridized carbons (Fsp3) is 0.545. The van der Waals surface area contributed by atoms with Crippen molar-refractivity contribution in [2.24, 2.45) is 50.5 Å². The molecule has 11 heteroatoms. The van der Waals surface area contributed by atoms with E-state index in [2.05, 4.69) is 73.4 Å².